The lowest BCUT2D eigenvalue weighted by Crippen LogP contribution is -2.52. The largest absolute Gasteiger partial charge is 0.497 e. The fraction of sp³-hybridized carbons (Fsp3) is 0.286. The second-order valence-corrected chi connectivity index (χ2v) is 13.5. The van der Waals surface area contributed by atoms with Crippen LogP contribution in [-0.2, 0) is 25.0 Å². The molecular weight excluding hydrogens is 656 g/mol. The molecule has 1 atom stereocenters. The van der Waals surface area contributed by atoms with Crippen LogP contribution in [-0.4, -0.2) is 77.1 Å². The highest BCUT2D eigenvalue weighted by molar-refractivity contribution is 7.93. The Bertz CT molecular complexity index is 1950. The molecular formula is C35H35ClN4O7S. The molecule has 0 radical (unpaired) electrons. The molecule has 6 rings (SSSR count). The number of nitrogens with zero attached hydrogens (tertiary/aromatic N) is 4. The summed E-state index contributed by atoms with van der Waals surface area (Å²) in [6.07, 6.45) is 3.13. The number of ether oxygens (including phenoxy) is 3. The highest BCUT2D eigenvalue weighted by atomic mass is 35.5. The first-order valence-electron chi connectivity index (χ1n) is 15.4. The lowest BCUT2D eigenvalue weighted by molar-refractivity contribution is -0.135. The van der Waals surface area contributed by atoms with E-state index in [4.69, 9.17) is 25.8 Å². The Morgan fingerprint density at radius 1 is 0.917 bits per heavy atom. The quantitative estimate of drug-likeness (QED) is 0.229. The van der Waals surface area contributed by atoms with Gasteiger partial charge in [-0.15, -0.1) is 0 Å². The number of amides is 2. The molecule has 1 aromatic heterocycles. The molecule has 1 saturated heterocycles. The van der Waals surface area contributed by atoms with Crippen molar-refractivity contribution in [3.05, 3.63) is 101 Å². The highest BCUT2D eigenvalue weighted by Crippen LogP contribution is 2.53. The Morgan fingerprint density at radius 2 is 1.69 bits per heavy atom. The molecule has 1 unspecified atom stereocenters. The third-order valence-corrected chi connectivity index (χ3v) is 10.8. The zero-order chi connectivity index (χ0) is 34.1. The van der Waals surface area contributed by atoms with E-state index in [0.29, 0.717) is 43.2 Å². The van der Waals surface area contributed by atoms with Crippen molar-refractivity contribution in [2.75, 3.05) is 56.2 Å². The minimum atomic E-state index is -4.60. The lowest BCUT2D eigenvalue weighted by atomic mass is 9.72. The van der Waals surface area contributed by atoms with E-state index < -0.39 is 21.3 Å². The Kier molecular flexibility index (Phi) is 9.22. The van der Waals surface area contributed by atoms with Gasteiger partial charge in [0.05, 0.1) is 38.4 Å². The standard InChI is InChI=1S/C35H35ClN4O7S/c1-4-47-30-10-6-5-9-27(30)35(22-33(41)39-18-16-38(17-19-39)25-8-7-15-37-23-25)28-20-24(36)11-13-29(28)40(34(35)42)48(43,44)32-14-12-26(45-2)21-31(32)46-3/h5-15,20-21,23H,4,16-19,22H2,1-3H3. The van der Waals surface area contributed by atoms with E-state index in [1.54, 1.807) is 47.6 Å². The number of anilines is 2. The van der Waals surface area contributed by atoms with Crippen molar-refractivity contribution in [2.24, 2.45) is 0 Å². The first-order chi connectivity index (χ1) is 23.1. The number of hydrogen-bond donors (Lipinski definition) is 0. The van der Waals surface area contributed by atoms with Crippen molar-refractivity contribution < 1.29 is 32.2 Å². The Morgan fingerprint density at radius 3 is 2.38 bits per heavy atom. The third kappa shape index (κ3) is 5.68. The smallest absolute Gasteiger partial charge is 0.274 e. The second-order valence-electron chi connectivity index (χ2n) is 11.3. The van der Waals surface area contributed by atoms with Gasteiger partial charge in [-0.2, -0.15) is 0 Å². The molecule has 0 spiro atoms. The second kappa shape index (κ2) is 13.4. The number of sulfonamides is 1. The molecule has 2 aliphatic heterocycles. The minimum Gasteiger partial charge on any atom is -0.497 e. The summed E-state index contributed by atoms with van der Waals surface area (Å²) >= 11 is 6.56. The fourth-order valence-electron chi connectivity index (χ4n) is 6.47. The number of pyridine rings is 1. The van der Waals surface area contributed by atoms with Crippen LogP contribution >= 0.6 is 11.6 Å². The summed E-state index contributed by atoms with van der Waals surface area (Å²) in [6.45, 7) is 4.02. The molecule has 3 heterocycles. The van der Waals surface area contributed by atoms with E-state index in [2.05, 4.69) is 9.88 Å². The fourth-order valence-corrected chi connectivity index (χ4v) is 8.27. The zero-order valence-electron chi connectivity index (χ0n) is 26.8. The van der Waals surface area contributed by atoms with Gasteiger partial charge in [-0.1, -0.05) is 29.8 Å². The van der Waals surface area contributed by atoms with Crippen LogP contribution < -0.4 is 23.4 Å². The Balaban J connectivity index is 1.47. The molecule has 0 saturated carbocycles. The predicted molar refractivity (Wildman–Crippen MR) is 182 cm³/mol. The van der Waals surface area contributed by atoms with Gasteiger partial charge in [0.25, 0.3) is 15.9 Å². The molecule has 2 aliphatic rings. The molecule has 1 fully saturated rings. The number of piperazine rings is 1. The van der Waals surface area contributed by atoms with Crippen LogP contribution in [0.2, 0.25) is 5.02 Å². The molecule has 4 aromatic rings. The maximum atomic E-state index is 15.1. The van der Waals surface area contributed by atoms with Gasteiger partial charge >= 0.3 is 0 Å². The summed E-state index contributed by atoms with van der Waals surface area (Å²) < 4.78 is 46.6. The van der Waals surface area contributed by atoms with E-state index in [9.17, 15) is 13.2 Å². The summed E-state index contributed by atoms with van der Waals surface area (Å²) in [7, 11) is -1.82. The average molecular weight is 691 g/mol. The van der Waals surface area contributed by atoms with Crippen LogP contribution in [0.1, 0.15) is 24.5 Å². The lowest BCUT2D eigenvalue weighted by Gasteiger charge is -2.38. The number of methoxy groups -OCH3 is 2. The summed E-state index contributed by atoms with van der Waals surface area (Å²) in [5.74, 6) is -0.415. The van der Waals surface area contributed by atoms with Gasteiger partial charge in [0.1, 0.15) is 27.6 Å². The number of para-hydroxylation sites is 1. The molecule has 0 N–H and O–H groups in total. The SMILES string of the molecule is CCOc1ccccc1C1(CC(=O)N2CCN(c3cccnc3)CC2)C(=O)N(S(=O)(=O)c2ccc(OC)cc2OC)c2ccc(Cl)cc21. The van der Waals surface area contributed by atoms with Crippen molar-refractivity contribution >= 4 is 44.8 Å². The Hall–Kier alpha value is -4.81. The van der Waals surface area contributed by atoms with Gasteiger partial charge in [0.2, 0.25) is 5.91 Å². The van der Waals surface area contributed by atoms with E-state index >= 15 is 4.79 Å². The molecule has 2 amide bonds. The van der Waals surface area contributed by atoms with E-state index in [1.165, 1.54) is 44.6 Å². The van der Waals surface area contributed by atoms with Crippen LogP contribution in [0.25, 0.3) is 0 Å². The van der Waals surface area contributed by atoms with Crippen LogP contribution in [0, 0.1) is 0 Å². The van der Waals surface area contributed by atoms with E-state index in [-0.39, 0.29) is 45.9 Å². The van der Waals surface area contributed by atoms with Crippen LogP contribution in [0.4, 0.5) is 11.4 Å². The molecule has 0 aliphatic carbocycles. The topological polar surface area (TPSA) is 119 Å². The number of benzene rings is 3. The molecule has 11 nitrogen and oxygen atoms in total. The maximum absolute atomic E-state index is 15.1. The highest BCUT2D eigenvalue weighted by Gasteiger charge is 2.58. The van der Waals surface area contributed by atoms with Crippen LogP contribution in [0.15, 0.2) is 90.1 Å². The molecule has 13 heteroatoms. The normalized spacial score (nSPS) is 17.7. The van der Waals surface area contributed by atoms with E-state index in [1.807, 2.05) is 19.1 Å². The number of halogens is 1. The number of fused-ring (bicyclic) bond motifs is 1. The van der Waals surface area contributed by atoms with Crippen molar-refractivity contribution in [3.63, 3.8) is 0 Å². The minimum absolute atomic E-state index is 0.00700. The average Bonchev–Trinajstić information content (AvgIpc) is 3.36. The van der Waals surface area contributed by atoms with E-state index in [0.717, 1.165) is 9.99 Å². The monoisotopic (exact) mass is 690 g/mol. The van der Waals surface area contributed by atoms with Gasteiger partial charge in [0, 0.05) is 55.4 Å². The molecule has 3 aromatic carbocycles. The van der Waals surface area contributed by atoms with Gasteiger partial charge in [-0.3, -0.25) is 14.6 Å². The summed E-state index contributed by atoms with van der Waals surface area (Å²) in [4.78, 5) is 37.3. The maximum Gasteiger partial charge on any atom is 0.274 e. The molecule has 250 valence electrons. The third-order valence-electron chi connectivity index (χ3n) is 8.78. The summed E-state index contributed by atoms with van der Waals surface area (Å²) in [5.41, 5.74) is -0.109. The number of hydrogen-bond acceptors (Lipinski definition) is 9. The Labute approximate surface area is 284 Å². The van der Waals surface area contributed by atoms with Gasteiger partial charge in [-0.05, 0) is 61.0 Å². The van der Waals surface area contributed by atoms with Crippen molar-refractivity contribution in [1.82, 2.24) is 9.88 Å². The first-order valence-corrected chi connectivity index (χ1v) is 17.2. The van der Waals surface area contributed by atoms with Gasteiger partial charge in [0.15, 0.2) is 0 Å². The molecule has 48 heavy (non-hydrogen) atoms. The molecule has 0 bridgehead atoms. The van der Waals surface area contributed by atoms with Gasteiger partial charge < -0.3 is 24.0 Å². The van der Waals surface area contributed by atoms with Gasteiger partial charge in [-0.25, -0.2) is 12.7 Å². The summed E-state index contributed by atoms with van der Waals surface area (Å²) in [5, 5.41) is 0.277. The summed E-state index contributed by atoms with van der Waals surface area (Å²) in [6, 6.07) is 19.5. The number of rotatable bonds is 10. The number of aromatic nitrogens is 1. The van der Waals surface area contributed by atoms with Crippen molar-refractivity contribution in [2.45, 2.75) is 23.7 Å². The predicted octanol–water partition coefficient (Wildman–Crippen LogP) is 4.91. The number of carbonyl (C=O) groups excluding carboxylic acids is 2. The van der Waals surface area contributed by atoms with Crippen LogP contribution in [0.3, 0.4) is 0 Å². The zero-order valence-corrected chi connectivity index (χ0v) is 28.3. The van der Waals surface area contributed by atoms with Crippen LogP contribution in [0.5, 0.6) is 17.2 Å². The first kappa shape index (κ1) is 33.1. The number of carbonyl (C=O) groups is 2. The van der Waals surface area contributed by atoms with Crippen molar-refractivity contribution in [3.8, 4) is 17.2 Å². The van der Waals surface area contributed by atoms with Crippen molar-refractivity contribution in [1.29, 1.82) is 0 Å².